The van der Waals surface area contributed by atoms with Crippen molar-refractivity contribution >= 4 is 25.7 Å². The molecule has 6 nitrogen and oxygen atoms in total. The zero-order valence-electron chi connectivity index (χ0n) is 15.0. The minimum Gasteiger partial charge on any atom is -0.268 e. The van der Waals surface area contributed by atoms with E-state index in [1.807, 2.05) is 0 Å². The fourth-order valence-corrected chi connectivity index (χ4v) is 5.53. The molecule has 0 atom stereocenters. The van der Waals surface area contributed by atoms with Crippen molar-refractivity contribution in [2.24, 2.45) is 5.16 Å². The summed E-state index contributed by atoms with van der Waals surface area (Å²) in [6.07, 6.45) is 2.41. The molecule has 0 amide bonds. The first kappa shape index (κ1) is 21.7. The molecule has 152 valence electrons. The normalized spacial score (nSPS) is 17.7. The molecule has 2 rings (SSSR count). The van der Waals surface area contributed by atoms with Crippen molar-refractivity contribution in [3.05, 3.63) is 35.9 Å². The molecule has 1 fully saturated rings. The van der Waals surface area contributed by atoms with Crippen molar-refractivity contribution in [1.29, 1.82) is 0 Å². The van der Waals surface area contributed by atoms with Crippen LogP contribution >= 0.6 is 0 Å². The van der Waals surface area contributed by atoms with Crippen LogP contribution in [0.3, 0.4) is 0 Å². The average Bonchev–Trinajstić information content (AvgIpc) is 2.63. The zero-order chi connectivity index (χ0) is 20.1. The summed E-state index contributed by atoms with van der Waals surface area (Å²) in [5.41, 5.74) is -1.43. The van der Waals surface area contributed by atoms with Crippen LogP contribution in [0.1, 0.15) is 51.0 Å². The lowest BCUT2D eigenvalue weighted by molar-refractivity contribution is 0.161. The molecule has 0 heterocycles. The molecule has 1 aromatic carbocycles. The molecule has 0 spiro atoms. The molecular formula is C17H23F2NO5S2. The number of nitrogens with zero attached hydrogens (tertiary/aromatic N) is 1. The maximum absolute atomic E-state index is 15.1. The summed E-state index contributed by atoms with van der Waals surface area (Å²) in [4.78, 5) is 0. The first-order valence-corrected chi connectivity index (χ1v) is 11.9. The number of hydrogen-bond acceptors (Lipinski definition) is 6. The Morgan fingerprint density at radius 1 is 1.11 bits per heavy atom. The molecule has 0 N–H and O–H groups in total. The van der Waals surface area contributed by atoms with Gasteiger partial charge in [-0.1, -0.05) is 61.7 Å². The van der Waals surface area contributed by atoms with Gasteiger partial charge < -0.3 is 0 Å². The molecule has 0 unspecified atom stereocenters. The van der Waals surface area contributed by atoms with E-state index in [0.29, 0.717) is 12.8 Å². The summed E-state index contributed by atoms with van der Waals surface area (Å²) >= 11 is 0. The van der Waals surface area contributed by atoms with Gasteiger partial charge in [0, 0.05) is 5.56 Å². The number of hydrogen-bond donors (Lipinski definition) is 0. The second-order valence-corrected chi connectivity index (χ2v) is 10.4. The van der Waals surface area contributed by atoms with Crippen LogP contribution in [0.2, 0.25) is 0 Å². The highest BCUT2D eigenvalue weighted by Crippen LogP contribution is 2.36. The van der Waals surface area contributed by atoms with Crippen LogP contribution < -0.4 is 0 Å². The van der Waals surface area contributed by atoms with Gasteiger partial charge in [-0.15, -0.1) is 0 Å². The van der Waals surface area contributed by atoms with Crippen molar-refractivity contribution in [3.8, 4) is 0 Å². The van der Waals surface area contributed by atoms with Crippen molar-refractivity contribution in [3.63, 3.8) is 0 Å². The standard InChI is InChI=1S/C17H23F2NO5S2/c1-2-13-26(21,22)25-20-16(14-9-5-3-6-10-14)17(18,19)27(23,24)15-11-7-4-8-12-15/h3,5-6,9-10,15H,2,4,7-8,11-13H2,1H3. The van der Waals surface area contributed by atoms with Gasteiger partial charge in [-0.05, 0) is 19.3 Å². The summed E-state index contributed by atoms with van der Waals surface area (Å²) in [6, 6.07) is 6.88. The number of alkyl halides is 2. The smallest absolute Gasteiger partial charge is 0.268 e. The predicted molar refractivity (Wildman–Crippen MR) is 98.9 cm³/mol. The lowest BCUT2D eigenvalue weighted by atomic mass is 10.0. The quantitative estimate of drug-likeness (QED) is 0.472. The van der Waals surface area contributed by atoms with Gasteiger partial charge in [0.15, 0.2) is 5.71 Å². The van der Waals surface area contributed by atoms with Crippen LogP contribution in [0.5, 0.6) is 0 Å². The summed E-state index contributed by atoms with van der Waals surface area (Å²) in [7, 11) is -9.11. The minimum absolute atomic E-state index is 0.148. The summed E-state index contributed by atoms with van der Waals surface area (Å²) in [6.45, 7) is 1.57. The minimum atomic E-state index is -4.93. The summed E-state index contributed by atoms with van der Waals surface area (Å²) in [5.74, 6) is -0.417. The van der Waals surface area contributed by atoms with E-state index in [1.165, 1.54) is 24.3 Å². The fourth-order valence-electron chi connectivity index (χ4n) is 2.97. The number of halogens is 2. The van der Waals surface area contributed by atoms with Crippen LogP contribution in [-0.4, -0.2) is 38.8 Å². The van der Waals surface area contributed by atoms with Crippen LogP contribution in [0.4, 0.5) is 8.78 Å². The van der Waals surface area contributed by atoms with E-state index < -0.39 is 41.9 Å². The van der Waals surface area contributed by atoms with E-state index in [4.69, 9.17) is 0 Å². The third kappa shape index (κ3) is 5.04. The van der Waals surface area contributed by atoms with Crippen LogP contribution in [-0.2, 0) is 24.2 Å². The maximum atomic E-state index is 15.1. The second-order valence-electron chi connectivity index (χ2n) is 6.46. The molecule has 1 aliphatic rings. The molecule has 1 aliphatic carbocycles. The Balaban J connectivity index is 2.48. The number of sulfone groups is 1. The maximum Gasteiger partial charge on any atom is 0.391 e. The Bertz CT molecular complexity index is 862. The predicted octanol–water partition coefficient (Wildman–Crippen LogP) is 3.49. The third-order valence-electron chi connectivity index (χ3n) is 4.37. The van der Waals surface area contributed by atoms with E-state index in [0.717, 1.165) is 6.42 Å². The molecule has 1 saturated carbocycles. The summed E-state index contributed by atoms with van der Waals surface area (Å²) < 4.78 is 83.3. The van der Waals surface area contributed by atoms with Gasteiger partial charge in [-0.3, -0.25) is 4.28 Å². The molecule has 10 heteroatoms. The Morgan fingerprint density at radius 3 is 2.26 bits per heavy atom. The first-order valence-electron chi connectivity index (χ1n) is 8.78. The largest absolute Gasteiger partial charge is 0.391 e. The highest BCUT2D eigenvalue weighted by molar-refractivity contribution is 7.93. The number of benzene rings is 1. The zero-order valence-corrected chi connectivity index (χ0v) is 16.6. The second kappa shape index (κ2) is 8.64. The lowest BCUT2D eigenvalue weighted by Gasteiger charge is -2.27. The van der Waals surface area contributed by atoms with Crippen molar-refractivity contribution < 1.29 is 29.9 Å². The molecular weight excluding hydrogens is 400 g/mol. The van der Waals surface area contributed by atoms with Gasteiger partial charge in [-0.2, -0.15) is 17.2 Å². The van der Waals surface area contributed by atoms with Crippen LogP contribution in [0.25, 0.3) is 0 Å². The Morgan fingerprint density at radius 2 is 1.70 bits per heavy atom. The van der Waals surface area contributed by atoms with Gasteiger partial charge in [0.25, 0.3) is 0 Å². The van der Waals surface area contributed by atoms with Crippen molar-refractivity contribution in [2.45, 2.75) is 56.0 Å². The topological polar surface area (TPSA) is 89.9 Å². The van der Waals surface area contributed by atoms with Crippen molar-refractivity contribution in [2.75, 3.05) is 5.75 Å². The van der Waals surface area contributed by atoms with Crippen LogP contribution in [0, 0.1) is 0 Å². The Labute approximate surface area is 158 Å². The SMILES string of the molecule is CCCS(=O)(=O)ON=C(c1ccccc1)C(F)(F)S(=O)(=O)C1CCCCC1. The van der Waals surface area contributed by atoms with E-state index in [-0.39, 0.29) is 24.8 Å². The van der Waals surface area contributed by atoms with Crippen LogP contribution in [0.15, 0.2) is 35.5 Å². The average molecular weight is 424 g/mol. The molecule has 0 bridgehead atoms. The first-order chi connectivity index (χ1) is 12.6. The fraction of sp³-hybridized carbons (Fsp3) is 0.588. The highest BCUT2D eigenvalue weighted by Gasteiger charge is 2.54. The Kier molecular flexibility index (Phi) is 6.96. The third-order valence-corrected chi connectivity index (χ3v) is 7.83. The van der Waals surface area contributed by atoms with E-state index in [9.17, 15) is 16.8 Å². The molecule has 27 heavy (non-hydrogen) atoms. The number of oxime groups is 1. The monoisotopic (exact) mass is 423 g/mol. The van der Waals surface area contributed by atoms with E-state index in [1.54, 1.807) is 13.0 Å². The molecule has 0 aromatic heterocycles. The number of rotatable bonds is 8. The van der Waals surface area contributed by atoms with Crippen molar-refractivity contribution in [1.82, 2.24) is 0 Å². The van der Waals surface area contributed by atoms with Gasteiger partial charge >= 0.3 is 15.4 Å². The van der Waals surface area contributed by atoms with E-state index >= 15 is 8.78 Å². The lowest BCUT2D eigenvalue weighted by Crippen LogP contribution is -2.45. The van der Waals surface area contributed by atoms with Gasteiger partial charge in [0.1, 0.15) is 0 Å². The summed E-state index contributed by atoms with van der Waals surface area (Å²) in [5, 5.41) is -2.45. The molecule has 0 radical (unpaired) electrons. The molecule has 0 aliphatic heterocycles. The van der Waals surface area contributed by atoms with Gasteiger partial charge in [0.05, 0.1) is 11.0 Å². The van der Waals surface area contributed by atoms with Gasteiger partial charge in [-0.25, -0.2) is 8.42 Å². The Hall–Kier alpha value is -1.55. The molecule has 0 saturated heterocycles. The molecule has 1 aromatic rings. The van der Waals surface area contributed by atoms with Gasteiger partial charge in [0.2, 0.25) is 9.84 Å². The van der Waals surface area contributed by atoms with E-state index in [2.05, 4.69) is 9.44 Å². The highest BCUT2D eigenvalue weighted by atomic mass is 32.2.